The van der Waals surface area contributed by atoms with E-state index in [0.717, 1.165) is 11.3 Å². The quantitative estimate of drug-likeness (QED) is 0.729. The number of carbonyl (C=O) groups excluding carboxylic acids is 1. The normalized spacial score (nSPS) is 20.6. The van der Waals surface area contributed by atoms with E-state index in [9.17, 15) is 4.79 Å². The number of hydrogen-bond acceptors (Lipinski definition) is 2. The molecule has 0 spiro atoms. The first-order valence-corrected chi connectivity index (χ1v) is 5.68. The summed E-state index contributed by atoms with van der Waals surface area (Å²) in [6.07, 6.45) is 0.958. The van der Waals surface area contributed by atoms with Gasteiger partial charge in [0.15, 0.2) is 0 Å². The lowest BCUT2D eigenvalue weighted by atomic mass is 10.1. The molecule has 1 aliphatic heterocycles. The van der Waals surface area contributed by atoms with Crippen LogP contribution in [0.1, 0.15) is 18.4 Å². The molecule has 1 aliphatic rings. The van der Waals surface area contributed by atoms with Gasteiger partial charge in [-0.2, -0.15) is 0 Å². The summed E-state index contributed by atoms with van der Waals surface area (Å²) < 4.78 is 0. The number of carbonyl (C=O) groups is 1. The Morgan fingerprint density at radius 1 is 1.56 bits per heavy atom. The predicted molar refractivity (Wildman–Crippen MR) is 68.3 cm³/mol. The first-order valence-electron chi connectivity index (χ1n) is 5.27. The van der Waals surface area contributed by atoms with Gasteiger partial charge in [0, 0.05) is 18.0 Å². The number of thiocarbonyl (C=S) groups is 1. The molecule has 1 fully saturated rings. The molecule has 2 nitrogen and oxygen atoms in total. The molecular weight excluding hydrogens is 218 g/mol. The van der Waals surface area contributed by atoms with Gasteiger partial charge in [0.05, 0.1) is 4.99 Å². The van der Waals surface area contributed by atoms with Crippen LogP contribution in [0.25, 0.3) is 0 Å². The standard InChI is InChI=1S/C13H13NOS/c1-3-10-8-12(16)14(13(10)15)11-6-4-5-9(2)7-11/h1,4-7,10H,3,8H2,2H3. The zero-order chi connectivity index (χ0) is 11.7. The predicted octanol–water partition coefficient (Wildman–Crippen LogP) is 2.78. The third kappa shape index (κ3) is 1.87. The molecule has 1 atom stereocenters. The lowest BCUT2D eigenvalue weighted by molar-refractivity contribution is -0.120. The molecule has 0 N–H and O–H groups in total. The highest BCUT2D eigenvalue weighted by Gasteiger charge is 2.35. The van der Waals surface area contributed by atoms with Crippen LogP contribution in [0.4, 0.5) is 5.69 Å². The molecule has 1 saturated heterocycles. The molecule has 1 aromatic carbocycles. The third-order valence-corrected chi connectivity index (χ3v) is 3.13. The van der Waals surface area contributed by atoms with Gasteiger partial charge in [-0.05, 0) is 38.0 Å². The van der Waals surface area contributed by atoms with Gasteiger partial charge in [-0.1, -0.05) is 24.4 Å². The van der Waals surface area contributed by atoms with Crippen molar-refractivity contribution < 1.29 is 4.79 Å². The van der Waals surface area contributed by atoms with Gasteiger partial charge in [0.1, 0.15) is 0 Å². The van der Waals surface area contributed by atoms with E-state index in [2.05, 4.69) is 0 Å². The van der Waals surface area contributed by atoms with Gasteiger partial charge < -0.3 is 0 Å². The van der Waals surface area contributed by atoms with Gasteiger partial charge in [-0.25, -0.2) is 0 Å². The molecule has 3 heteroatoms. The summed E-state index contributed by atoms with van der Waals surface area (Å²) in [5, 5.41) is 0. The number of hydrogen-bond donors (Lipinski definition) is 0. The largest absolute Gasteiger partial charge is 0.275 e. The molecule has 0 aliphatic carbocycles. The maximum absolute atomic E-state index is 12.0. The molecule has 82 valence electrons. The molecule has 0 saturated carbocycles. The maximum atomic E-state index is 12.0. The van der Waals surface area contributed by atoms with Gasteiger partial charge in [0.25, 0.3) is 0 Å². The lowest BCUT2D eigenvalue weighted by Crippen LogP contribution is -2.29. The summed E-state index contributed by atoms with van der Waals surface area (Å²) >= 11 is 5.24. The fourth-order valence-corrected chi connectivity index (χ4v) is 2.31. The first-order chi connectivity index (χ1) is 7.63. The van der Waals surface area contributed by atoms with Crippen molar-refractivity contribution in [3.63, 3.8) is 0 Å². The minimum atomic E-state index is -0.145. The Balaban J connectivity index is 2.34. The Hall–Kier alpha value is -1.22. The topological polar surface area (TPSA) is 20.3 Å². The summed E-state index contributed by atoms with van der Waals surface area (Å²) in [5.74, 6) is -0.119. The molecule has 1 aromatic rings. The zero-order valence-corrected chi connectivity index (χ0v) is 9.96. The van der Waals surface area contributed by atoms with Crippen molar-refractivity contribution >= 4 is 28.8 Å². The molecule has 1 heterocycles. The highest BCUT2D eigenvalue weighted by atomic mass is 32.1. The number of anilines is 1. The highest BCUT2D eigenvalue weighted by Crippen LogP contribution is 2.29. The maximum Gasteiger partial charge on any atom is 0.235 e. The van der Waals surface area contributed by atoms with E-state index >= 15 is 0 Å². The monoisotopic (exact) mass is 231 g/mol. The average Bonchev–Trinajstić information content (AvgIpc) is 2.53. The average molecular weight is 231 g/mol. The summed E-state index contributed by atoms with van der Waals surface area (Å²) in [5.41, 5.74) is 1.97. The van der Waals surface area contributed by atoms with Crippen LogP contribution >= 0.6 is 12.2 Å². The van der Waals surface area contributed by atoms with Crippen molar-refractivity contribution in [3.8, 4) is 0 Å². The van der Waals surface area contributed by atoms with Crippen molar-refractivity contribution in [1.82, 2.24) is 0 Å². The van der Waals surface area contributed by atoms with Crippen LogP contribution in [-0.2, 0) is 4.79 Å². The van der Waals surface area contributed by atoms with E-state index in [1.807, 2.05) is 31.2 Å². The van der Waals surface area contributed by atoms with E-state index in [1.54, 1.807) is 4.90 Å². The Labute approximate surface area is 101 Å². The summed E-state index contributed by atoms with van der Waals surface area (Å²) in [4.78, 5) is 14.3. The second kappa shape index (κ2) is 4.34. The Bertz CT molecular complexity index is 441. The fourth-order valence-electron chi connectivity index (χ4n) is 1.92. The SMILES string of the molecule is [CH]CC1CC(=S)N(c2cccc(C)c2)C1=O. The Morgan fingerprint density at radius 2 is 2.31 bits per heavy atom. The molecule has 1 amide bonds. The number of nitrogens with zero attached hydrogens (tertiary/aromatic N) is 1. The summed E-state index contributed by atoms with van der Waals surface area (Å²) in [6, 6.07) is 7.78. The molecular formula is C13H13NOS. The molecule has 2 rings (SSSR count). The molecule has 2 radical (unpaired) electrons. The molecule has 1 unspecified atom stereocenters. The smallest absolute Gasteiger partial charge is 0.235 e. The molecule has 0 aromatic heterocycles. The molecule has 0 bridgehead atoms. The Kier molecular flexibility index (Phi) is 3.06. The lowest BCUT2D eigenvalue weighted by Gasteiger charge is -2.17. The van der Waals surface area contributed by atoms with Crippen LogP contribution in [-0.4, -0.2) is 10.9 Å². The van der Waals surface area contributed by atoms with Gasteiger partial charge >= 0.3 is 0 Å². The highest BCUT2D eigenvalue weighted by molar-refractivity contribution is 7.80. The van der Waals surface area contributed by atoms with Gasteiger partial charge in [-0.15, -0.1) is 0 Å². The van der Waals surface area contributed by atoms with Gasteiger partial charge in [-0.3, -0.25) is 9.69 Å². The summed E-state index contributed by atoms with van der Waals surface area (Å²) in [6.45, 7) is 7.54. The van der Waals surface area contributed by atoms with Crippen molar-refractivity contribution in [2.45, 2.75) is 19.8 Å². The fraction of sp³-hybridized carbons (Fsp3) is 0.308. The number of aryl methyl sites for hydroxylation is 1. The second-order valence-electron chi connectivity index (χ2n) is 4.04. The van der Waals surface area contributed by atoms with Crippen LogP contribution in [0, 0.1) is 19.8 Å². The van der Waals surface area contributed by atoms with E-state index in [1.165, 1.54) is 0 Å². The number of rotatable bonds is 2. The minimum absolute atomic E-state index is 0.0260. The van der Waals surface area contributed by atoms with E-state index in [0.29, 0.717) is 17.8 Å². The van der Waals surface area contributed by atoms with E-state index < -0.39 is 0 Å². The molecule has 16 heavy (non-hydrogen) atoms. The van der Waals surface area contributed by atoms with Crippen LogP contribution in [0.15, 0.2) is 24.3 Å². The third-order valence-electron chi connectivity index (χ3n) is 2.78. The van der Waals surface area contributed by atoms with Crippen molar-refractivity contribution in [1.29, 1.82) is 0 Å². The number of amides is 1. The van der Waals surface area contributed by atoms with Crippen molar-refractivity contribution in [2.75, 3.05) is 4.90 Å². The second-order valence-corrected chi connectivity index (χ2v) is 4.51. The van der Waals surface area contributed by atoms with Crippen LogP contribution in [0.3, 0.4) is 0 Å². The van der Waals surface area contributed by atoms with Crippen LogP contribution < -0.4 is 4.90 Å². The van der Waals surface area contributed by atoms with E-state index in [4.69, 9.17) is 19.1 Å². The van der Waals surface area contributed by atoms with Crippen molar-refractivity contribution in [2.24, 2.45) is 5.92 Å². The van der Waals surface area contributed by atoms with Crippen LogP contribution in [0.2, 0.25) is 0 Å². The van der Waals surface area contributed by atoms with Crippen LogP contribution in [0.5, 0.6) is 0 Å². The van der Waals surface area contributed by atoms with Gasteiger partial charge in [0.2, 0.25) is 5.91 Å². The minimum Gasteiger partial charge on any atom is -0.275 e. The Morgan fingerprint density at radius 3 is 2.88 bits per heavy atom. The zero-order valence-electron chi connectivity index (χ0n) is 9.14. The number of benzene rings is 1. The van der Waals surface area contributed by atoms with Crippen molar-refractivity contribution in [3.05, 3.63) is 36.8 Å². The van der Waals surface area contributed by atoms with E-state index in [-0.39, 0.29) is 11.8 Å². The summed E-state index contributed by atoms with van der Waals surface area (Å²) in [7, 11) is 0. The first kappa shape index (κ1) is 11.3.